The van der Waals surface area contributed by atoms with E-state index in [1.54, 1.807) is 15.6 Å². The number of nitrogens with zero attached hydrogens (tertiary/aromatic N) is 6. The zero-order chi connectivity index (χ0) is 36.0. The summed E-state index contributed by atoms with van der Waals surface area (Å²) in [6, 6.07) is 23.3. The number of aromatic nitrogens is 3. The summed E-state index contributed by atoms with van der Waals surface area (Å²) in [6.07, 6.45) is 11.3. The van der Waals surface area contributed by atoms with Gasteiger partial charge in [-0.3, -0.25) is 0 Å². The van der Waals surface area contributed by atoms with Gasteiger partial charge in [-0.1, -0.05) is 19.1 Å². The van der Waals surface area contributed by atoms with Crippen molar-refractivity contribution in [2.45, 2.75) is 63.0 Å². The highest BCUT2D eigenvalue weighted by molar-refractivity contribution is 5.68. The third-order valence-electron chi connectivity index (χ3n) is 11.7. The molecule has 0 radical (unpaired) electrons. The molecule has 4 aromatic rings. The predicted octanol–water partition coefficient (Wildman–Crippen LogP) is 5.29. The van der Waals surface area contributed by atoms with Crippen molar-refractivity contribution in [3.05, 3.63) is 113 Å². The molecule has 4 unspecified atom stereocenters. The van der Waals surface area contributed by atoms with Crippen molar-refractivity contribution in [2.75, 3.05) is 67.6 Å². The predicted molar refractivity (Wildman–Crippen MR) is 206 cm³/mol. The maximum atomic E-state index is 12.8. The topological polar surface area (TPSA) is 89.0 Å². The van der Waals surface area contributed by atoms with Gasteiger partial charge in [-0.2, -0.15) is 5.10 Å². The van der Waals surface area contributed by atoms with Gasteiger partial charge in [0.1, 0.15) is 24.8 Å². The Bertz CT molecular complexity index is 2130. The molecule has 3 aromatic carbocycles. The van der Waals surface area contributed by atoms with Gasteiger partial charge in [0.15, 0.2) is 12.0 Å². The van der Waals surface area contributed by atoms with Crippen molar-refractivity contribution in [1.82, 2.24) is 14.3 Å². The fourth-order valence-corrected chi connectivity index (χ4v) is 8.16. The Balaban J connectivity index is 0.792. The number of piperazine rings is 1. The number of ether oxygens (including phenoxy) is 3. The zero-order valence-corrected chi connectivity index (χ0v) is 30.6. The highest BCUT2D eigenvalue weighted by Gasteiger charge is 2.60. The van der Waals surface area contributed by atoms with Crippen molar-refractivity contribution in [1.29, 1.82) is 0 Å². The summed E-state index contributed by atoms with van der Waals surface area (Å²) < 4.78 is 25.2. The molecule has 1 aromatic heterocycles. The van der Waals surface area contributed by atoms with Crippen LogP contribution in [-0.2, 0) is 21.7 Å². The van der Waals surface area contributed by atoms with E-state index in [2.05, 4.69) is 104 Å². The van der Waals surface area contributed by atoms with Crippen molar-refractivity contribution in [3.8, 4) is 11.4 Å². The fraction of sp³-hybridized carbons (Fsp3) is 0.429. The van der Waals surface area contributed by atoms with Gasteiger partial charge in [-0.05, 0) is 79.9 Å². The number of hydrogen-bond donors (Lipinski definition) is 1. The van der Waals surface area contributed by atoms with E-state index >= 15 is 0 Å². The van der Waals surface area contributed by atoms with E-state index < -0.39 is 5.79 Å². The summed E-state index contributed by atoms with van der Waals surface area (Å²) in [5.41, 5.74) is 10.00. The van der Waals surface area contributed by atoms with Crippen LogP contribution in [0.2, 0.25) is 0 Å². The van der Waals surface area contributed by atoms with Crippen LogP contribution in [0.4, 0.5) is 17.1 Å². The average molecular weight is 715 g/mol. The molecule has 1 N–H and O–H groups in total. The first-order chi connectivity index (χ1) is 25.9. The van der Waals surface area contributed by atoms with E-state index in [1.807, 2.05) is 25.1 Å². The molecule has 0 bridgehead atoms. The quantitative estimate of drug-likeness (QED) is 0.121. The summed E-state index contributed by atoms with van der Waals surface area (Å²) in [4.78, 5) is 17.7. The maximum Gasteiger partial charge on any atom is 0.350 e. The molecule has 5 aliphatic heterocycles. The molecule has 11 heteroatoms. The molecule has 4 atom stereocenters. The van der Waals surface area contributed by atoms with E-state index in [0.717, 1.165) is 87.6 Å². The number of rotatable bonds is 12. The Morgan fingerprint density at radius 2 is 1.74 bits per heavy atom. The van der Waals surface area contributed by atoms with E-state index in [1.165, 1.54) is 16.9 Å². The molecule has 0 amide bonds. The Morgan fingerprint density at radius 1 is 1.00 bits per heavy atom. The fourth-order valence-electron chi connectivity index (χ4n) is 8.16. The summed E-state index contributed by atoms with van der Waals surface area (Å²) in [6.45, 7) is 10.6. The SMILES string of the molecule is CCC(C)n1ncn(-c2ccc(N3CCN(c4ccc(OCC5COC(CCC67C=C=CC=[N+]6C7)(c6ccc7c(c6)NCC7)O5)cc4)CC3)cc2)c1=O. The monoisotopic (exact) mass is 714 g/mol. The first-order valence-electron chi connectivity index (χ1n) is 19.1. The van der Waals surface area contributed by atoms with E-state index in [-0.39, 0.29) is 23.4 Å². The number of nitrogens with one attached hydrogen (secondary N) is 1. The van der Waals surface area contributed by atoms with Gasteiger partial charge < -0.3 is 29.3 Å². The highest BCUT2D eigenvalue weighted by atomic mass is 16.8. The Morgan fingerprint density at radius 3 is 2.47 bits per heavy atom. The van der Waals surface area contributed by atoms with Crippen LogP contribution in [0.3, 0.4) is 0 Å². The molecule has 5 aliphatic rings. The van der Waals surface area contributed by atoms with Crippen LogP contribution in [0.1, 0.15) is 50.3 Å². The number of fused-ring (bicyclic) bond motifs is 2. The Labute approximate surface area is 310 Å². The van der Waals surface area contributed by atoms with Gasteiger partial charge in [0.05, 0.1) is 18.3 Å². The van der Waals surface area contributed by atoms with Crippen LogP contribution in [0, 0.1) is 0 Å². The first kappa shape index (κ1) is 33.7. The highest BCUT2D eigenvalue weighted by Crippen LogP contribution is 2.45. The van der Waals surface area contributed by atoms with Crippen molar-refractivity contribution < 1.29 is 18.8 Å². The van der Waals surface area contributed by atoms with Crippen LogP contribution in [0.15, 0.2) is 95.7 Å². The average Bonchev–Trinajstić information content (AvgIpc) is 3.49. The van der Waals surface area contributed by atoms with Crippen molar-refractivity contribution in [2.24, 2.45) is 0 Å². The summed E-state index contributed by atoms with van der Waals surface area (Å²) >= 11 is 0. The Kier molecular flexibility index (Phi) is 8.73. The van der Waals surface area contributed by atoms with Gasteiger partial charge in [-0.15, -0.1) is 5.73 Å². The van der Waals surface area contributed by atoms with Crippen LogP contribution in [-0.4, -0.2) is 89.3 Å². The summed E-state index contributed by atoms with van der Waals surface area (Å²) in [7, 11) is 0. The van der Waals surface area contributed by atoms with Gasteiger partial charge in [0, 0.05) is 80.3 Å². The smallest absolute Gasteiger partial charge is 0.350 e. The summed E-state index contributed by atoms with van der Waals surface area (Å²) in [5, 5.41) is 7.84. The van der Waals surface area contributed by atoms with E-state index in [0.29, 0.717) is 13.2 Å². The molecule has 0 aliphatic carbocycles. The standard InChI is InChI=1S/C42H48N7O4/c1-3-31(2)49-40(50)48(30-44-49)36-10-8-34(9-11-36)45-22-24-46(25-23-45)35-12-14-37(15-13-35)51-27-38-28-52-42(53-38,19-18-41-17-4-5-21-47(41)29-41)33-7-6-32-16-20-43-39(32)26-33/h5-15,17,21,26,30-31,38,43H,3,16,18-20,22-25,27-29H2,1-2H3/q+1. The molecule has 53 heavy (non-hydrogen) atoms. The lowest BCUT2D eigenvalue weighted by atomic mass is 9.93. The zero-order valence-electron chi connectivity index (χ0n) is 30.6. The molecular weight excluding hydrogens is 667 g/mol. The molecule has 3 saturated heterocycles. The molecule has 3 fully saturated rings. The minimum atomic E-state index is -0.809. The molecule has 0 saturated carbocycles. The van der Waals surface area contributed by atoms with E-state index in [9.17, 15) is 4.79 Å². The molecular formula is C42H48N7O4+. The second kappa shape index (κ2) is 13.7. The molecule has 11 nitrogen and oxygen atoms in total. The lowest BCUT2D eigenvalue weighted by molar-refractivity contribution is -0.378. The minimum absolute atomic E-state index is 0.0278. The molecule has 274 valence electrons. The van der Waals surface area contributed by atoms with E-state index in [4.69, 9.17) is 14.2 Å². The molecule has 6 heterocycles. The number of benzene rings is 3. The molecule has 9 rings (SSSR count). The van der Waals surface area contributed by atoms with Crippen molar-refractivity contribution >= 4 is 23.3 Å². The second-order valence-corrected chi connectivity index (χ2v) is 15.0. The lowest BCUT2D eigenvalue weighted by Crippen LogP contribution is -2.46. The molecule has 0 spiro atoms. The number of hydrogen-bond acceptors (Lipinski definition) is 8. The second-order valence-electron chi connectivity index (χ2n) is 15.0. The third-order valence-corrected chi connectivity index (χ3v) is 11.7. The maximum absolute atomic E-state index is 12.8. The van der Waals surface area contributed by atoms with Crippen LogP contribution < -0.4 is 25.5 Å². The van der Waals surface area contributed by atoms with Gasteiger partial charge in [0.25, 0.3) is 0 Å². The van der Waals surface area contributed by atoms with Gasteiger partial charge in [-0.25, -0.2) is 18.6 Å². The van der Waals surface area contributed by atoms with Crippen LogP contribution >= 0.6 is 0 Å². The largest absolute Gasteiger partial charge is 0.491 e. The van der Waals surface area contributed by atoms with Crippen LogP contribution in [0.25, 0.3) is 5.69 Å². The van der Waals surface area contributed by atoms with Crippen LogP contribution in [0.5, 0.6) is 5.75 Å². The Hall–Kier alpha value is -5.09. The number of anilines is 3. The lowest BCUT2D eigenvalue weighted by Gasteiger charge is -2.37. The normalized spacial score (nSPS) is 24.8. The minimum Gasteiger partial charge on any atom is -0.491 e. The first-order valence-corrected chi connectivity index (χ1v) is 19.1. The van der Waals surface area contributed by atoms with Gasteiger partial charge >= 0.3 is 5.69 Å². The van der Waals surface area contributed by atoms with Crippen molar-refractivity contribution in [3.63, 3.8) is 0 Å². The third kappa shape index (κ3) is 6.47. The van der Waals surface area contributed by atoms with Gasteiger partial charge in [0.2, 0.25) is 12.1 Å². The summed E-state index contributed by atoms with van der Waals surface area (Å²) in [5.74, 6) is 0.0159.